The minimum absolute atomic E-state index is 0.105. The van der Waals surface area contributed by atoms with E-state index in [4.69, 9.17) is 9.63 Å². The summed E-state index contributed by atoms with van der Waals surface area (Å²) in [6, 6.07) is 10.8. The number of aryl methyl sites for hydroxylation is 1. The first-order chi connectivity index (χ1) is 9.65. The van der Waals surface area contributed by atoms with E-state index in [1.54, 1.807) is 6.20 Å². The van der Waals surface area contributed by atoms with Gasteiger partial charge in [-0.05, 0) is 37.3 Å². The van der Waals surface area contributed by atoms with Crippen LogP contribution in [0.4, 0.5) is 0 Å². The fraction of sp³-hybridized carbons (Fsp3) is 0.0714. The Hall–Kier alpha value is -2.89. The lowest BCUT2D eigenvalue weighted by Crippen LogP contribution is -1.97. The van der Waals surface area contributed by atoms with E-state index in [1.165, 1.54) is 6.07 Å². The van der Waals surface area contributed by atoms with Crippen LogP contribution in [0.3, 0.4) is 0 Å². The van der Waals surface area contributed by atoms with Gasteiger partial charge in [0.25, 0.3) is 0 Å². The average Bonchev–Trinajstić information content (AvgIpc) is 3.07. The van der Waals surface area contributed by atoms with Crippen LogP contribution in [-0.2, 0) is 0 Å². The number of carbonyl (C=O) groups is 1. The Kier molecular flexibility index (Phi) is 2.83. The van der Waals surface area contributed by atoms with Gasteiger partial charge >= 0.3 is 5.97 Å². The van der Waals surface area contributed by atoms with E-state index in [0.29, 0.717) is 5.76 Å². The van der Waals surface area contributed by atoms with Crippen LogP contribution in [0.25, 0.3) is 17.0 Å². The molecule has 2 aromatic heterocycles. The number of benzene rings is 1. The summed E-state index contributed by atoms with van der Waals surface area (Å²) in [6.07, 6.45) is 1.73. The third-order valence-electron chi connectivity index (χ3n) is 2.96. The smallest absolute Gasteiger partial charge is 0.358 e. The molecule has 0 saturated heterocycles. The molecular weight excluding hydrogens is 258 g/mol. The SMILES string of the molecule is Cc1ccnn1-c1ccc(-c2cc(C(=O)O)no2)cc1. The lowest BCUT2D eigenvalue weighted by Gasteiger charge is -2.04. The summed E-state index contributed by atoms with van der Waals surface area (Å²) in [7, 11) is 0. The number of aromatic nitrogens is 3. The molecule has 0 saturated carbocycles. The molecule has 100 valence electrons. The van der Waals surface area contributed by atoms with Crippen molar-refractivity contribution in [3.05, 3.63) is 54.0 Å². The van der Waals surface area contributed by atoms with Gasteiger partial charge in [-0.1, -0.05) is 5.16 Å². The molecule has 0 atom stereocenters. The van der Waals surface area contributed by atoms with Gasteiger partial charge in [0.2, 0.25) is 0 Å². The van der Waals surface area contributed by atoms with Crippen molar-refractivity contribution >= 4 is 5.97 Å². The Morgan fingerprint density at radius 3 is 2.55 bits per heavy atom. The minimum atomic E-state index is -1.11. The number of hydrogen-bond donors (Lipinski definition) is 1. The molecule has 2 heterocycles. The number of carboxylic acid groups (broad SMARTS) is 1. The van der Waals surface area contributed by atoms with Crippen LogP contribution in [-0.4, -0.2) is 26.0 Å². The third-order valence-corrected chi connectivity index (χ3v) is 2.96. The standard InChI is InChI=1S/C14H11N3O3/c1-9-6-7-15-17(9)11-4-2-10(3-5-11)13-8-12(14(18)19)16-20-13/h2-8H,1H3,(H,18,19). The van der Waals surface area contributed by atoms with Crippen LogP contribution in [0.2, 0.25) is 0 Å². The molecule has 0 radical (unpaired) electrons. The van der Waals surface area contributed by atoms with E-state index >= 15 is 0 Å². The molecule has 3 aromatic rings. The zero-order chi connectivity index (χ0) is 14.1. The van der Waals surface area contributed by atoms with Gasteiger partial charge in [-0.3, -0.25) is 0 Å². The van der Waals surface area contributed by atoms with Crippen molar-refractivity contribution in [3.63, 3.8) is 0 Å². The van der Waals surface area contributed by atoms with Crippen LogP contribution >= 0.6 is 0 Å². The maximum atomic E-state index is 10.8. The van der Waals surface area contributed by atoms with Crippen molar-refractivity contribution < 1.29 is 14.4 Å². The Labute approximate surface area is 114 Å². The van der Waals surface area contributed by atoms with Gasteiger partial charge < -0.3 is 9.63 Å². The van der Waals surface area contributed by atoms with E-state index in [2.05, 4.69) is 10.3 Å². The van der Waals surface area contributed by atoms with E-state index in [-0.39, 0.29) is 5.69 Å². The Morgan fingerprint density at radius 1 is 1.25 bits per heavy atom. The lowest BCUT2D eigenvalue weighted by atomic mass is 10.1. The summed E-state index contributed by atoms with van der Waals surface area (Å²) in [5.41, 5.74) is 2.62. The van der Waals surface area contributed by atoms with Crippen molar-refractivity contribution in [2.75, 3.05) is 0 Å². The maximum absolute atomic E-state index is 10.8. The number of rotatable bonds is 3. The van der Waals surface area contributed by atoms with Crippen molar-refractivity contribution in [3.8, 4) is 17.0 Å². The normalized spacial score (nSPS) is 10.7. The van der Waals surface area contributed by atoms with Crippen LogP contribution < -0.4 is 0 Å². The lowest BCUT2D eigenvalue weighted by molar-refractivity contribution is 0.0686. The number of hydrogen-bond acceptors (Lipinski definition) is 4. The van der Waals surface area contributed by atoms with Gasteiger partial charge in [0.15, 0.2) is 11.5 Å². The highest BCUT2D eigenvalue weighted by atomic mass is 16.5. The quantitative estimate of drug-likeness (QED) is 0.790. The largest absolute Gasteiger partial charge is 0.476 e. The summed E-state index contributed by atoms with van der Waals surface area (Å²) >= 11 is 0. The van der Waals surface area contributed by atoms with Crippen molar-refractivity contribution in [1.29, 1.82) is 0 Å². The number of nitrogens with zero attached hydrogens (tertiary/aromatic N) is 3. The van der Waals surface area contributed by atoms with E-state index < -0.39 is 5.97 Å². The van der Waals surface area contributed by atoms with E-state index in [9.17, 15) is 4.79 Å². The van der Waals surface area contributed by atoms with Gasteiger partial charge in [0, 0.05) is 23.5 Å². The molecule has 1 N–H and O–H groups in total. The second-order valence-corrected chi connectivity index (χ2v) is 4.31. The molecule has 6 heteroatoms. The Balaban J connectivity index is 1.93. The van der Waals surface area contributed by atoms with E-state index in [1.807, 2.05) is 41.9 Å². The molecule has 0 bridgehead atoms. The van der Waals surface area contributed by atoms with Crippen LogP contribution in [0.1, 0.15) is 16.2 Å². The topological polar surface area (TPSA) is 81.2 Å². The van der Waals surface area contributed by atoms with Crippen LogP contribution in [0.5, 0.6) is 0 Å². The maximum Gasteiger partial charge on any atom is 0.358 e. The second kappa shape index (κ2) is 4.65. The molecule has 20 heavy (non-hydrogen) atoms. The molecule has 0 aliphatic carbocycles. The molecule has 0 fully saturated rings. The van der Waals surface area contributed by atoms with Crippen LogP contribution in [0, 0.1) is 6.92 Å². The molecule has 0 unspecified atom stereocenters. The summed E-state index contributed by atoms with van der Waals surface area (Å²) in [5, 5.41) is 16.5. The zero-order valence-electron chi connectivity index (χ0n) is 10.6. The van der Waals surface area contributed by atoms with Gasteiger partial charge in [0.05, 0.1) is 5.69 Å². The summed E-state index contributed by atoms with van der Waals surface area (Å²) in [6.45, 7) is 1.97. The molecule has 0 aliphatic rings. The fourth-order valence-electron chi connectivity index (χ4n) is 1.92. The molecular formula is C14H11N3O3. The molecule has 3 rings (SSSR count). The predicted molar refractivity (Wildman–Crippen MR) is 70.8 cm³/mol. The fourth-order valence-corrected chi connectivity index (χ4v) is 1.92. The van der Waals surface area contributed by atoms with Crippen LogP contribution in [0.15, 0.2) is 47.1 Å². The Morgan fingerprint density at radius 2 is 2.00 bits per heavy atom. The molecule has 6 nitrogen and oxygen atoms in total. The molecule has 0 aliphatic heterocycles. The molecule has 1 aromatic carbocycles. The zero-order valence-corrected chi connectivity index (χ0v) is 10.6. The molecule has 0 amide bonds. The summed E-state index contributed by atoms with van der Waals surface area (Å²) in [4.78, 5) is 10.8. The first-order valence-corrected chi connectivity index (χ1v) is 5.96. The minimum Gasteiger partial charge on any atom is -0.476 e. The highest BCUT2D eigenvalue weighted by Gasteiger charge is 2.12. The first kappa shape index (κ1) is 12.2. The first-order valence-electron chi connectivity index (χ1n) is 5.96. The average molecular weight is 269 g/mol. The van der Waals surface area contributed by atoms with Crippen molar-refractivity contribution in [2.45, 2.75) is 6.92 Å². The van der Waals surface area contributed by atoms with Gasteiger partial charge in [-0.2, -0.15) is 5.10 Å². The third kappa shape index (κ3) is 2.07. The highest BCUT2D eigenvalue weighted by Crippen LogP contribution is 2.22. The predicted octanol–water partition coefficient (Wildman–Crippen LogP) is 2.53. The summed E-state index contributed by atoms with van der Waals surface area (Å²) < 4.78 is 6.83. The van der Waals surface area contributed by atoms with E-state index in [0.717, 1.165) is 16.9 Å². The molecule has 0 spiro atoms. The van der Waals surface area contributed by atoms with Gasteiger partial charge in [-0.15, -0.1) is 0 Å². The monoisotopic (exact) mass is 269 g/mol. The highest BCUT2D eigenvalue weighted by molar-refractivity contribution is 5.86. The Bertz CT molecular complexity index is 756. The number of carboxylic acids is 1. The van der Waals surface area contributed by atoms with Crippen molar-refractivity contribution in [2.24, 2.45) is 0 Å². The second-order valence-electron chi connectivity index (χ2n) is 4.31. The summed E-state index contributed by atoms with van der Waals surface area (Å²) in [5.74, 6) is -0.685. The van der Waals surface area contributed by atoms with Gasteiger partial charge in [0.1, 0.15) is 0 Å². The van der Waals surface area contributed by atoms with Crippen molar-refractivity contribution in [1.82, 2.24) is 14.9 Å². The van der Waals surface area contributed by atoms with Gasteiger partial charge in [-0.25, -0.2) is 9.48 Å². The number of aromatic carboxylic acids is 1.